The van der Waals surface area contributed by atoms with Crippen LogP contribution >= 0.6 is 0 Å². The molecule has 0 saturated heterocycles. The first-order valence-electron chi connectivity index (χ1n) is 7.47. The molecule has 2 aromatic rings. The fraction of sp³-hybridized carbons (Fsp3) is 0.353. The minimum atomic E-state index is -0.575. The fourth-order valence-corrected chi connectivity index (χ4v) is 1.99. The first-order chi connectivity index (χ1) is 11.0. The van der Waals surface area contributed by atoms with Crippen molar-refractivity contribution in [1.82, 2.24) is 15.3 Å². The van der Waals surface area contributed by atoms with E-state index >= 15 is 0 Å². The third-order valence-electron chi connectivity index (χ3n) is 3.16. The average Bonchev–Trinajstić information content (AvgIpc) is 2.53. The molecule has 1 aromatic carbocycles. The van der Waals surface area contributed by atoms with Crippen molar-refractivity contribution in [1.29, 1.82) is 0 Å². The molecule has 0 spiro atoms. The predicted octanol–water partition coefficient (Wildman–Crippen LogP) is 1.93. The average molecular weight is 314 g/mol. The van der Waals surface area contributed by atoms with Gasteiger partial charge in [0.2, 0.25) is 5.95 Å². The number of benzene rings is 1. The molecule has 1 N–H and O–H groups in total. The van der Waals surface area contributed by atoms with E-state index in [-0.39, 0.29) is 5.91 Å². The molecule has 0 aliphatic heterocycles. The number of carbonyl (C=O) groups excluding carboxylic acids is 1. The molecule has 1 atom stereocenters. The number of rotatable bonds is 6. The van der Waals surface area contributed by atoms with Gasteiger partial charge in [-0.2, -0.15) is 0 Å². The summed E-state index contributed by atoms with van der Waals surface area (Å²) in [6, 6.07) is 11.1. The number of hydrogen-bond acceptors (Lipinski definition) is 5. The Morgan fingerprint density at radius 2 is 1.96 bits per heavy atom. The second-order valence-electron chi connectivity index (χ2n) is 5.49. The molecular formula is C17H22N4O2. The lowest BCUT2D eigenvalue weighted by molar-refractivity contribution is -0.127. The molecule has 0 fully saturated rings. The number of anilines is 1. The van der Waals surface area contributed by atoms with Crippen LogP contribution in [0.2, 0.25) is 0 Å². The third-order valence-corrected chi connectivity index (χ3v) is 3.16. The van der Waals surface area contributed by atoms with Gasteiger partial charge in [0.25, 0.3) is 5.91 Å². The third kappa shape index (κ3) is 4.95. The zero-order chi connectivity index (χ0) is 16.8. The van der Waals surface area contributed by atoms with Crippen LogP contribution in [0.25, 0.3) is 0 Å². The van der Waals surface area contributed by atoms with Gasteiger partial charge in [0, 0.05) is 19.8 Å². The Hall–Kier alpha value is -2.63. The Labute approximate surface area is 136 Å². The molecule has 0 saturated carbocycles. The lowest BCUT2D eigenvalue weighted by Gasteiger charge is -2.15. The molecule has 1 aromatic heterocycles. The smallest absolute Gasteiger partial charge is 0.261 e. The zero-order valence-electron chi connectivity index (χ0n) is 13.9. The molecule has 2 rings (SSSR count). The van der Waals surface area contributed by atoms with Gasteiger partial charge in [-0.05, 0) is 32.0 Å². The van der Waals surface area contributed by atoms with Gasteiger partial charge in [-0.25, -0.2) is 9.97 Å². The number of aryl methyl sites for hydroxylation is 1. The van der Waals surface area contributed by atoms with Gasteiger partial charge in [0.05, 0.1) is 12.2 Å². The second kappa shape index (κ2) is 7.58. The molecule has 0 bridgehead atoms. The Bertz CT molecular complexity index is 659. The summed E-state index contributed by atoms with van der Waals surface area (Å²) in [4.78, 5) is 22.7. The quantitative estimate of drug-likeness (QED) is 0.882. The van der Waals surface area contributed by atoms with Gasteiger partial charge in [-0.3, -0.25) is 4.79 Å². The molecule has 122 valence electrons. The van der Waals surface area contributed by atoms with Crippen LogP contribution in [0.4, 0.5) is 5.95 Å². The van der Waals surface area contributed by atoms with Crippen molar-refractivity contribution in [2.45, 2.75) is 26.5 Å². The monoisotopic (exact) mass is 314 g/mol. The minimum absolute atomic E-state index is 0.184. The van der Waals surface area contributed by atoms with E-state index in [0.717, 1.165) is 11.4 Å². The predicted molar refractivity (Wildman–Crippen MR) is 89.5 cm³/mol. The zero-order valence-corrected chi connectivity index (χ0v) is 13.9. The first-order valence-corrected chi connectivity index (χ1v) is 7.47. The van der Waals surface area contributed by atoms with Crippen LogP contribution in [0.1, 0.15) is 18.3 Å². The van der Waals surface area contributed by atoms with Crippen LogP contribution in [0.15, 0.2) is 36.4 Å². The summed E-state index contributed by atoms with van der Waals surface area (Å²) in [5, 5.41) is 2.84. The molecule has 1 heterocycles. The van der Waals surface area contributed by atoms with Gasteiger partial charge in [-0.15, -0.1) is 0 Å². The van der Waals surface area contributed by atoms with Crippen LogP contribution in [0.3, 0.4) is 0 Å². The highest BCUT2D eigenvalue weighted by Crippen LogP contribution is 2.11. The maximum absolute atomic E-state index is 12.1. The number of ether oxygens (including phenoxy) is 1. The van der Waals surface area contributed by atoms with Crippen LogP contribution in [0.5, 0.6) is 5.75 Å². The van der Waals surface area contributed by atoms with Crippen molar-refractivity contribution in [3.8, 4) is 5.75 Å². The Morgan fingerprint density at radius 1 is 1.26 bits per heavy atom. The standard InChI is InChI=1S/C17H22N4O2/c1-12-10-14(20-17(19-12)21(3)4)11-18-16(22)13(2)23-15-8-6-5-7-9-15/h5-10,13H,11H2,1-4H3,(H,18,22). The molecule has 1 amide bonds. The summed E-state index contributed by atoms with van der Waals surface area (Å²) in [5.41, 5.74) is 1.63. The van der Waals surface area contributed by atoms with Crippen LogP contribution in [0, 0.1) is 6.92 Å². The van der Waals surface area contributed by atoms with Crippen LogP contribution in [-0.2, 0) is 11.3 Å². The summed E-state index contributed by atoms with van der Waals surface area (Å²) in [5.74, 6) is 1.11. The molecule has 6 heteroatoms. The summed E-state index contributed by atoms with van der Waals surface area (Å²) >= 11 is 0. The van der Waals surface area contributed by atoms with Crippen molar-refractivity contribution >= 4 is 11.9 Å². The minimum Gasteiger partial charge on any atom is -0.481 e. The Balaban J connectivity index is 1.93. The van der Waals surface area contributed by atoms with Crippen LogP contribution < -0.4 is 15.0 Å². The van der Waals surface area contributed by atoms with Gasteiger partial charge >= 0.3 is 0 Å². The van der Waals surface area contributed by atoms with Crippen molar-refractivity contribution in [2.75, 3.05) is 19.0 Å². The van der Waals surface area contributed by atoms with Gasteiger partial charge in [0.1, 0.15) is 5.75 Å². The van der Waals surface area contributed by atoms with Crippen molar-refractivity contribution in [3.05, 3.63) is 47.8 Å². The van der Waals surface area contributed by atoms with E-state index in [1.807, 2.05) is 62.3 Å². The number of carbonyl (C=O) groups is 1. The lowest BCUT2D eigenvalue weighted by Crippen LogP contribution is -2.36. The number of amides is 1. The lowest BCUT2D eigenvalue weighted by atomic mass is 10.3. The number of hydrogen-bond donors (Lipinski definition) is 1. The molecule has 0 aliphatic carbocycles. The molecule has 0 radical (unpaired) electrons. The highest BCUT2D eigenvalue weighted by molar-refractivity contribution is 5.80. The largest absolute Gasteiger partial charge is 0.481 e. The highest BCUT2D eigenvalue weighted by Gasteiger charge is 2.14. The number of nitrogens with zero attached hydrogens (tertiary/aromatic N) is 3. The maximum Gasteiger partial charge on any atom is 0.261 e. The van der Waals surface area contributed by atoms with Crippen molar-refractivity contribution < 1.29 is 9.53 Å². The Kier molecular flexibility index (Phi) is 5.51. The fourth-order valence-electron chi connectivity index (χ4n) is 1.99. The first kappa shape index (κ1) is 16.7. The summed E-state index contributed by atoms with van der Waals surface area (Å²) in [6.45, 7) is 3.96. The highest BCUT2D eigenvalue weighted by atomic mass is 16.5. The van der Waals surface area contributed by atoms with Crippen molar-refractivity contribution in [2.24, 2.45) is 0 Å². The maximum atomic E-state index is 12.1. The van der Waals surface area contributed by atoms with Gasteiger partial charge in [-0.1, -0.05) is 18.2 Å². The summed E-state index contributed by atoms with van der Waals surface area (Å²) in [6.07, 6.45) is -0.575. The summed E-state index contributed by atoms with van der Waals surface area (Å²) < 4.78 is 5.60. The van der Waals surface area contributed by atoms with Gasteiger partial charge in [0.15, 0.2) is 6.10 Å². The summed E-state index contributed by atoms with van der Waals surface area (Å²) in [7, 11) is 3.76. The molecular weight excluding hydrogens is 292 g/mol. The van der Waals surface area contributed by atoms with E-state index in [2.05, 4.69) is 15.3 Å². The van der Waals surface area contributed by atoms with Gasteiger partial charge < -0.3 is 15.0 Å². The Morgan fingerprint density at radius 3 is 2.61 bits per heavy atom. The number of nitrogens with one attached hydrogen (secondary N) is 1. The molecule has 23 heavy (non-hydrogen) atoms. The second-order valence-corrected chi connectivity index (χ2v) is 5.49. The SMILES string of the molecule is Cc1cc(CNC(=O)C(C)Oc2ccccc2)nc(N(C)C)n1. The molecule has 1 unspecified atom stereocenters. The van der Waals surface area contributed by atoms with E-state index in [1.165, 1.54) is 0 Å². The van der Waals surface area contributed by atoms with E-state index < -0.39 is 6.10 Å². The van der Waals surface area contributed by atoms with E-state index in [1.54, 1.807) is 6.92 Å². The van der Waals surface area contributed by atoms with Crippen LogP contribution in [-0.4, -0.2) is 36.1 Å². The van der Waals surface area contributed by atoms with E-state index in [0.29, 0.717) is 18.2 Å². The number of aromatic nitrogens is 2. The van der Waals surface area contributed by atoms with Crippen molar-refractivity contribution in [3.63, 3.8) is 0 Å². The van der Waals surface area contributed by atoms with E-state index in [9.17, 15) is 4.79 Å². The number of para-hydroxylation sites is 1. The molecule has 6 nitrogen and oxygen atoms in total. The normalized spacial score (nSPS) is 11.7. The topological polar surface area (TPSA) is 67.3 Å². The van der Waals surface area contributed by atoms with E-state index in [4.69, 9.17) is 4.74 Å². The molecule has 0 aliphatic rings.